The SMILES string of the molecule is [2H]C([2H])([2H])c1noc(NS(=O)(=O)c2ccsc2C(=O)Cc2cc3c(cc2C)OCO3)c1Cl. The maximum atomic E-state index is 13.0. The first-order valence-electron chi connectivity index (χ1n) is 9.65. The van der Waals surface area contributed by atoms with Crippen molar-refractivity contribution in [3.63, 3.8) is 0 Å². The summed E-state index contributed by atoms with van der Waals surface area (Å²) < 4.78 is 65.3. The lowest BCUT2D eigenvalue weighted by atomic mass is 10.0. The summed E-state index contributed by atoms with van der Waals surface area (Å²) in [5.41, 5.74) is 0.897. The Bertz CT molecular complexity index is 1320. The molecular weight excluding hydrogens is 440 g/mol. The molecule has 1 aliphatic rings. The number of Topliss-reactive ketones (excluding diaryl/α,β-unsaturated/α-hetero) is 1. The van der Waals surface area contributed by atoms with Gasteiger partial charge in [0.25, 0.3) is 15.9 Å². The van der Waals surface area contributed by atoms with E-state index >= 15 is 0 Å². The number of hydrogen-bond acceptors (Lipinski definition) is 8. The minimum atomic E-state index is -4.32. The van der Waals surface area contributed by atoms with Crippen molar-refractivity contribution in [3.8, 4) is 11.5 Å². The van der Waals surface area contributed by atoms with E-state index < -0.39 is 39.3 Å². The number of carbonyl (C=O) groups is 1. The van der Waals surface area contributed by atoms with Crippen LogP contribution in [0.2, 0.25) is 5.02 Å². The molecule has 3 aromatic rings. The number of nitrogens with one attached hydrogen (secondary N) is 1. The molecular formula is C18H15ClN2O6S2. The van der Waals surface area contributed by atoms with Crippen molar-refractivity contribution in [2.75, 3.05) is 11.5 Å². The van der Waals surface area contributed by atoms with Gasteiger partial charge in [0.15, 0.2) is 17.3 Å². The zero-order valence-electron chi connectivity index (χ0n) is 17.8. The minimum Gasteiger partial charge on any atom is -0.454 e. The second kappa shape index (κ2) is 7.36. The second-order valence-electron chi connectivity index (χ2n) is 6.13. The summed E-state index contributed by atoms with van der Waals surface area (Å²) in [6, 6.07) is 4.72. The van der Waals surface area contributed by atoms with E-state index in [4.69, 9.17) is 29.7 Å². The largest absolute Gasteiger partial charge is 0.454 e. The lowest BCUT2D eigenvalue weighted by molar-refractivity contribution is 0.0994. The van der Waals surface area contributed by atoms with Crippen LogP contribution in [0.3, 0.4) is 0 Å². The summed E-state index contributed by atoms with van der Waals surface area (Å²) in [5.74, 6) is 0.134. The summed E-state index contributed by atoms with van der Waals surface area (Å²) in [6.07, 6.45) is -0.0578. The number of thiophene rings is 1. The summed E-state index contributed by atoms with van der Waals surface area (Å²) in [5, 5.41) is 4.30. The van der Waals surface area contributed by atoms with Crippen molar-refractivity contribution >= 4 is 44.6 Å². The number of aryl methyl sites for hydroxylation is 2. The normalized spacial score (nSPS) is 14.9. The monoisotopic (exact) mass is 457 g/mol. The number of nitrogens with zero attached hydrogens (tertiary/aromatic N) is 1. The molecule has 1 aromatic carbocycles. The van der Waals surface area contributed by atoms with E-state index in [1.54, 1.807) is 12.1 Å². The van der Waals surface area contributed by atoms with Crippen LogP contribution in [0.5, 0.6) is 11.5 Å². The molecule has 11 heteroatoms. The van der Waals surface area contributed by atoms with E-state index in [9.17, 15) is 13.2 Å². The van der Waals surface area contributed by atoms with E-state index in [2.05, 4.69) is 9.88 Å². The molecule has 0 amide bonds. The van der Waals surface area contributed by atoms with Crippen molar-refractivity contribution in [1.82, 2.24) is 5.16 Å². The Hall–Kier alpha value is -2.56. The third kappa shape index (κ3) is 3.70. The molecule has 0 aliphatic carbocycles. The number of carbonyl (C=O) groups excluding carboxylic acids is 1. The van der Waals surface area contributed by atoms with Gasteiger partial charge in [-0.3, -0.25) is 4.79 Å². The first-order chi connectivity index (χ1) is 15.0. The maximum Gasteiger partial charge on any atom is 0.265 e. The van der Waals surface area contributed by atoms with Crippen LogP contribution in [0.15, 0.2) is 33.0 Å². The van der Waals surface area contributed by atoms with Crippen LogP contribution in [0, 0.1) is 13.8 Å². The first-order valence-corrected chi connectivity index (χ1v) is 10.9. The second-order valence-corrected chi connectivity index (χ2v) is 9.07. The Morgan fingerprint density at radius 2 is 2.14 bits per heavy atom. The van der Waals surface area contributed by atoms with Gasteiger partial charge < -0.3 is 14.0 Å². The number of fused-ring (bicyclic) bond motifs is 1. The Morgan fingerprint density at radius 3 is 2.86 bits per heavy atom. The highest BCUT2D eigenvalue weighted by Gasteiger charge is 2.27. The molecule has 1 N–H and O–H groups in total. The molecule has 152 valence electrons. The van der Waals surface area contributed by atoms with E-state index in [0.717, 1.165) is 16.9 Å². The number of benzene rings is 1. The van der Waals surface area contributed by atoms with Crippen molar-refractivity contribution in [2.24, 2.45) is 0 Å². The first kappa shape index (κ1) is 16.3. The number of sulfonamides is 1. The molecule has 0 fully saturated rings. The molecule has 0 saturated heterocycles. The van der Waals surface area contributed by atoms with Gasteiger partial charge in [0.2, 0.25) is 6.79 Å². The van der Waals surface area contributed by atoms with Crippen molar-refractivity contribution in [3.05, 3.63) is 50.3 Å². The fourth-order valence-electron chi connectivity index (χ4n) is 2.76. The average molecular weight is 458 g/mol. The van der Waals surface area contributed by atoms with Gasteiger partial charge in [-0.05, 0) is 48.5 Å². The fourth-order valence-corrected chi connectivity index (χ4v) is 5.32. The van der Waals surface area contributed by atoms with Crippen molar-refractivity contribution < 1.29 is 31.3 Å². The van der Waals surface area contributed by atoms with Gasteiger partial charge in [-0.1, -0.05) is 16.8 Å². The average Bonchev–Trinajstić information content (AvgIpc) is 3.41. The van der Waals surface area contributed by atoms with Gasteiger partial charge in [0.1, 0.15) is 15.6 Å². The Morgan fingerprint density at radius 1 is 1.38 bits per heavy atom. The molecule has 1 aliphatic heterocycles. The number of ketones is 1. The topological polar surface area (TPSA) is 108 Å². The Kier molecular flexibility index (Phi) is 4.13. The smallest absolute Gasteiger partial charge is 0.265 e. The highest BCUT2D eigenvalue weighted by Crippen LogP contribution is 2.36. The van der Waals surface area contributed by atoms with E-state index in [0.29, 0.717) is 17.1 Å². The number of ether oxygens (including phenoxy) is 2. The zero-order chi connectivity index (χ0) is 23.3. The quantitative estimate of drug-likeness (QED) is 0.558. The standard InChI is InChI=1S/C18H15ClN2O6S2/c1-9-5-13-14(26-8-25-13)7-11(9)6-12(22)17-15(3-4-28-17)29(23,24)21-18-16(19)10(2)20-27-18/h3-5,7,21H,6,8H2,1-2H3/i2D3. The predicted octanol–water partition coefficient (Wildman–Crippen LogP) is 3.96. The van der Waals surface area contributed by atoms with E-state index in [1.807, 2.05) is 6.92 Å². The van der Waals surface area contributed by atoms with E-state index in [1.165, 1.54) is 11.4 Å². The van der Waals surface area contributed by atoms with Gasteiger partial charge in [-0.25, -0.2) is 13.1 Å². The molecule has 3 heterocycles. The highest BCUT2D eigenvalue weighted by molar-refractivity contribution is 7.93. The van der Waals surface area contributed by atoms with Crippen molar-refractivity contribution in [2.45, 2.75) is 25.1 Å². The third-order valence-electron chi connectivity index (χ3n) is 4.22. The minimum absolute atomic E-state index is 0.00116. The zero-order valence-corrected chi connectivity index (χ0v) is 17.2. The lowest BCUT2D eigenvalue weighted by Crippen LogP contribution is -2.16. The summed E-state index contributed by atoms with van der Waals surface area (Å²) in [6.45, 7) is -0.776. The summed E-state index contributed by atoms with van der Waals surface area (Å²) >= 11 is 6.89. The molecule has 0 bridgehead atoms. The molecule has 0 radical (unpaired) electrons. The maximum absolute atomic E-state index is 13.0. The molecule has 0 saturated carbocycles. The van der Waals surface area contributed by atoms with Gasteiger partial charge in [0, 0.05) is 10.5 Å². The molecule has 8 nitrogen and oxygen atoms in total. The van der Waals surface area contributed by atoms with Crippen molar-refractivity contribution in [1.29, 1.82) is 0 Å². The number of anilines is 1. The van der Waals surface area contributed by atoms with Crippen LogP contribution in [-0.2, 0) is 16.4 Å². The molecule has 0 atom stereocenters. The summed E-state index contributed by atoms with van der Waals surface area (Å²) in [4.78, 5) is 12.7. The lowest BCUT2D eigenvalue weighted by Gasteiger charge is -2.09. The third-order valence-corrected chi connectivity index (χ3v) is 7.03. The van der Waals surface area contributed by atoms with Gasteiger partial charge in [0.05, 0.1) is 4.88 Å². The van der Waals surface area contributed by atoms with Gasteiger partial charge in [-0.2, -0.15) is 0 Å². The molecule has 0 unspecified atom stereocenters. The number of rotatable bonds is 6. The van der Waals surface area contributed by atoms with Crippen LogP contribution in [0.25, 0.3) is 0 Å². The van der Waals surface area contributed by atoms with Crippen LogP contribution < -0.4 is 14.2 Å². The fraction of sp³-hybridized carbons (Fsp3) is 0.222. The molecule has 29 heavy (non-hydrogen) atoms. The number of hydrogen-bond donors (Lipinski definition) is 1. The van der Waals surface area contributed by atoms with Gasteiger partial charge >= 0.3 is 0 Å². The highest BCUT2D eigenvalue weighted by atomic mass is 35.5. The molecule has 4 rings (SSSR count). The van der Waals surface area contributed by atoms with E-state index in [-0.39, 0.29) is 23.0 Å². The van der Waals surface area contributed by atoms with Crippen LogP contribution >= 0.6 is 22.9 Å². The Labute approximate surface area is 179 Å². The molecule has 2 aromatic heterocycles. The van der Waals surface area contributed by atoms with Gasteiger partial charge in [-0.15, -0.1) is 11.3 Å². The molecule has 0 spiro atoms. The van der Waals surface area contributed by atoms with Crippen LogP contribution in [0.4, 0.5) is 5.88 Å². The Balaban J connectivity index is 1.59. The summed E-state index contributed by atoms with van der Waals surface area (Å²) in [7, 11) is -4.32. The van der Waals surface area contributed by atoms with Crippen LogP contribution in [-0.4, -0.2) is 26.2 Å². The number of aromatic nitrogens is 1. The predicted molar refractivity (Wildman–Crippen MR) is 107 cm³/mol. The number of halogens is 1. The van der Waals surface area contributed by atoms with Crippen LogP contribution in [0.1, 0.15) is 30.6 Å².